The number of amides is 1. The van der Waals surface area contributed by atoms with Crippen LogP contribution in [0.25, 0.3) is 0 Å². The van der Waals surface area contributed by atoms with E-state index in [9.17, 15) is 13.2 Å². The Morgan fingerprint density at radius 2 is 1.71 bits per heavy atom. The van der Waals surface area contributed by atoms with E-state index in [-0.39, 0.29) is 34.1 Å². The fourth-order valence-corrected chi connectivity index (χ4v) is 5.96. The van der Waals surface area contributed by atoms with Gasteiger partial charge < -0.3 is 5.32 Å². The lowest BCUT2D eigenvalue weighted by Gasteiger charge is -2.24. The summed E-state index contributed by atoms with van der Waals surface area (Å²) in [7, 11) is -4.08. The Bertz CT molecular complexity index is 1220. The topological polar surface area (TPSA) is 66.5 Å². The lowest BCUT2D eigenvalue weighted by molar-refractivity contribution is -0.121. The minimum Gasteiger partial charge on any atom is -0.348 e. The minimum absolute atomic E-state index is 0.0526. The lowest BCUT2D eigenvalue weighted by atomic mass is 10.1. The van der Waals surface area contributed by atoms with E-state index in [0.717, 1.165) is 20.3 Å². The molecule has 0 saturated heterocycles. The summed E-state index contributed by atoms with van der Waals surface area (Å²) in [6.45, 7) is 1.63. The number of nitrogens with one attached hydrogen (secondary N) is 1. The van der Waals surface area contributed by atoms with Gasteiger partial charge in [0.1, 0.15) is 4.90 Å². The summed E-state index contributed by atoms with van der Waals surface area (Å²) in [5, 5.41) is 3.20. The summed E-state index contributed by atoms with van der Waals surface area (Å²) in [6, 6.07) is 21.4. The maximum atomic E-state index is 13.5. The van der Waals surface area contributed by atoms with Crippen LogP contribution in [0, 0.1) is 0 Å². The van der Waals surface area contributed by atoms with Crippen LogP contribution in [0.4, 0.5) is 0 Å². The van der Waals surface area contributed by atoms with Crippen LogP contribution < -0.4 is 5.32 Å². The molecular formula is C25H26Cl2N2O3S2. The first-order valence-electron chi connectivity index (χ1n) is 10.6. The number of thioether (sulfide) groups is 1. The van der Waals surface area contributed by atoms with Crippen molar-refractivity contribution in [2.24, 2.45) is 0 Å². The van der Waals surface area contributed by atoms with Gasteiger partial charge in [-0.1, -0.05) is 65.7 Å². The van der Waals surface area contributed by atoms with Crippen LogP contribution >= 0.6 is 35.0 Å². The minimum atomic E-state index is -4.08. The highest BCUT2D eigenvalue weighted by Gasteiger charge is 2.29. The van der Waals surface area contributed by atoms with Crippen molar-refractivity contribution < 1.29 is 13.2 Å². The van der Waals surface area contributed by atoms with E-state index in [1.807, 2.05) is 67.8 Å². The molecule has 0 aliphatic carbocycles. The molecule has 180 valence electrons. The molecule has 5 nitrogen and oxygen atoms in total. The third kappa shape index (κ3) is 6.99. The van der Waals surface area contributed by atoms with Crippen molar-refractivity contribution >= 4 is 50.9 Å². The number of sulfonamides is 1. The van der Waals surface area contributed by atoms with Gasteiger partial charge in [-0.3, -0.25) is 4.79 Å². The first-order chi connectivity index (χ1) is 16.2. The Balaban J connectivity index is 1.80. The average Bonchev–Trinajstić information content (AvgIpc) is 2.83. The van der Waals surface area contributed by atoms with Crippen molar-refractivity contribution in [2.45, 2.75) is 29.2 Å². The van der Waals surface area contributed by atoms with Crippen molar-refractivity contribution in [1.82, 2.24) is 9.62 Å². The van der Waals surface area contributed by atoms with Crippen LogP contribution in [0.15, 0.2) is 82.6 Å². The van der Waals surface area contributed by atoms with E-state index in [0.29, 0.717) is 6.42 Å². The molecule has 0 heterocycles. The number of halogens is 2. The molecule has 34 heavy (non-hydrogen) atoms. The Morgan fingerprint density at radius 1 is 1.03 bits per heavy atom. The normalized spacial score (nSPS) is 12.5. The van der Waals surface area contributed by atoms with Crippen LogP contribution in [0.5, 0.6) is 0 Å². The highest BCUT2D eigenvalue weighted by Crippen LogP contribution is 2.28. The molecule has 0 bridgehead atoms. The molecular weight excluding hydrogens is 511 g/mol. The molecule has 0 aliphatic rings. The fraction of sp³-hybridized carbons (Fsp3) is 0.240. The predicted octanol–water partition coefficient (Wildman–Crippen LogP) is 5.83. The molecule has 3 aromatic carbocycles. The van der Waals surface area contributed by atoms with Gasteiger partial charge in [-0.05, 0) is 61.1 Å². The number of nitrogens with zero attached hydrogens (tertiary/aromatic N) is 1. The average molecular weight is 538 g/mol. The van der Waals surface area contributed by atoms with Gasteiger partial charge in [-0.25, -0.2) is 8.42 Å². The molecule has 1 amide bonds. The Labute approximate surface area is 215 Å². The van der Waals surface area contributed by atoms with E-state index in [1.54, 1.807) is 11.8 Å². The Hall–Kier alpha value is -2.03. The molecule has 3 aromatic rings. The van der Waals surface area contributed by atoms with Crippen molar-refractivity contribution in [3.63, 3.8) is 0 Å². The third-order valence-electron chi connectivity index (χ3n) is 5.32. The molecule has 0 saturated carbocycles. The number of carbonyl (C=O) groups is 1. The van der Waals surface area contributed by atoms with Gasteiger partial charge in [0, 0.05) is 16.5 Å². The molecule has 0 spiro atoms. The van der Waals surface area contributed by atoms with E-state index in [4.69, 9.17) is 23.2 Å². The molecule has 0 unspecified atom stereocenters. The van der Waals surface area contributed by atoms with Gasteiger partial charge in [0.15, 0.2) is 0 Å². The summed E-state index contributed by atoms with van der Waals surface area (Å²) in [5.74, 6) is -0.406. The van der Waals surface area contributed by atoms with Crippen molar-refractivity contribution in [3.8, 4) is 0 Å². The van der Waals surface area contributed by atoms with Gasteiger partial charge in [-0.15, -0.1) is 11.8 Å². The maximum Gasteiger partial charge on any atom is 0.245 e. The smallest absolute Gasteiger partial charge is 0.245 e. The van der Waals surface area contributed by atoms with Crippen LogP contribution in [0.1, 0.15) is 24.1 Å². The fourth-order valence-electron chi connectivity index (χ4n) is 3.42. The largest absolute Gasteiger partial charge is 0.348 e. The summed E-state index contributed by atoms with van der Waals surface area (Å²) < 4.78 is 28.1. The third-order valence-corrected chi connectivity index (χ3v) is 8.62. The quantitative estimate of drug-likeness (QED) is 0.331. The Morgan fingerprint density at radius 3 is 2.35 bits per heavy atom. The van der Waals surface area contributed by atoms with E-state index < -0.39 is 15.9 Å². The molecule has 1 N–H and O–H groups in total. The number of hydrogen-bond donors (Lipinski definition) is 1. The van der Waals surface area contributed by atoms with Gasteiger partial charge in [-0.2, -0.15) is 4.31 Å². The molecule has 3 rings (SSSR count). The second kappa shape index (κ2) is 12.1. The van der Waals surface area contributed by atoms with Gasteiger partial charge in [0.25, 0.3) is 0 Å². The van der Waals surface area contributed by atoms with E-state index in [1.165, 1.54) is 18.2 Å². The zero-order valence-electron chi connectivity index (χ0n) is 18.9. The lowest BCUT2D eigenvalue weighted by Crippen LogP contribution is -2.42. The summed E-state index contributed by atoms with van der Waals surface area (Å²) in [6.07, 6.45) is 2.44. The van der Waals surface area contributed by atoms with Crippen LogP contribution in [-0.2, 0) is 21.2 Å². The zero-order valence-corrected chi connectivity index (χ0v) is 22.0. The molecule has 0 aliphatic heterocycles. The molecule has 1 atom stereocenters. The van der Waals surface area contributed by atoms with Crippen molar-refractivity contribution in [3.05, 3.63) is 94.0 Å². The van der Waals surface area contributed by atoms with E-state index >= 15 is 0 Å². The first-order valence-corrected chi connectivity index (χ1v) is 14.0. The van der Waals surface area contributed by atoms with Crippen molar-refractivity contribution in [1.29, 1.82) is 0 Å². The summed E-state index contributed by atoms with van der Waals surface area (Å²) in [5.41, 5.74) is 1.89. The number of hydrogen-bond acceptors (Lipinski definition) is 4. The SMILES string of the molecule is CSc1ccc([C@H](C)NC(=O)CN(CCc2ccccc2)S(=O)(=O)c2cc(Cl)ccc2Cl)cc1. The zero-order chi connectivity index (χ0) is 24.7. The summed E-state index contributed by atoms with van der Waals surface area (Å²) >= 11 is 13.9. The first kappa shape index (κ1) is 26.6. The van der Waals surface area contributed by atoms with Crippen LogP contribution in [0.3, 0.4) is 0 Å². The second-order valence-electron chi connectivity index (χ2n) is 7.71. The standard InChI is InChI=1S/C25H26Cl2N2O3S2/c1-18(20-8-11-22(33-2)12-9-20)28-25(30)17-29(15-14-19-6-4-3-5-7-19)34(31,32)24-16-21(26)10-13-23(24)27/h3-13,16,18H,14-15,17H2,1-2H3,(H,28,30)/t18-/m0/s1. The Kier molecular flexibility index (Phi) is 9.45. The highest BCUT2D eigenvalue weighted by atomic mass is 35.5. The van der Waals surface area contributed by atoms with Gasteiger partial charge in [0.05, 0.1) is 17.6 Å². The van der Waals surface area contributed by atoms with Gasteiger partial charge >= 0.3 is 0 Å². The molecule has 0 radical (unpaired) electrons. The van der Waals surface area contributed by atoms with Crippen LogP contribution in [0.2, 0.25) is 10.0 Å². The summed E-state index contributed by atoms with van der Waals surface area (Å²) in [4.78, 5) is 13.9. The molecule has 0 aromatic heterocycles. The predicted molar refractivity (Wildman–Crippen MR) is 140 cm³/mol. The van der Waals surface area contributed by atoms with Crippen LogP contribution in [-0.4, -0.2) is 38.0 Å². The molecule has 0 fully saturated rings. The maximum absolute atomic E-state index is 13.5. The van der Waals surface area contributed by atoms with E-state index in [2.05, 4.69) is 5.32 Å². The monoisotopic (exact) mass is 536 g/mol. The highest BCUT2D eigenvalue weighted by molar-refractivity contribution is 7.98. The number of rotatable bonds is 10. The number of carbonyl (C=O) groups excluding carboxylic acids is 1. The second-order valence-corrected chi connectivity index (χ2v) is 11.3. The molecule has 9 heteroatoms. The van der Waals surface area contributed by atoms with Crippen molar-refractivity contribution in [2.75, 3.05) is 19.3 Å². The van der Waals surface area contributed by atoms with Gasteiger partial charge in [0.2, 0.25) is 15.9 Å². The number of benzene rings is 3.